The van der Waals surface area contributed by atoms with Gasteiger partial charge < -0.3 is 9.47 Å². The molecule has 0 aliphatic rings. The molecule has 0 aliphatic heterocycles. The molecule has 0 spiro atoms. The number of hydrogen-bond acceptors (Lipinski definition) is 3. The largest absolute Gasteiger partial charge is 0.493 e. The smallest absolute Gasteiger partial charge is 0.161 e. The molecule has 3 nitrogen and oxygen atoms in total. The van der Waals surface area contributed by atoms with Gasteiger partial charge in [0.05, 0.1) is 25.4 Å². The first-order chi connectivity index (χ1) is 10.7. The highest BCUT2D eigenvalue weighted by Crippen LogP contribution is 2.29. The van der Waals surface area contributed by atoms with E-state index in [9.17, 15) is 5.26 Å². The number of hydrogen-bond donors (Lipinski definition) is 0. The highest BCUT2D eigenvalue weighted by molar-refractivity contribution is 5.89. The summed E-state index contributed by atoms with van der Waals surface area (Å²) in [6.07, 6.45) is 1.85. The Labute approximate surface area is 131 Å². The van der Waals surface area contributed by atoms with E-state index in [1.165, 1.54) is 5.56 Å². The molecule has 2 rings (SSSR count). The van der Waals surface area contributed by atoms with Gasteiger partial charge in [-0.15, -0.1) is 0 Å². The zero-order valence-corrected chi connectivity index (χ0v) is 13.1. The van der Waals surface area contributed by atoms with E-state index < -0.39 is 0 Å². The van der Waals surface area contributed by atoms with Crippen LogP contribution in [0.2, 0.25) is 0 Å². The van der Waals surface area contributed by atoms with E-state index in [1.54, 1.807) is 7.11 Å². The van der Waals surface area contributed by atoms with Crippen molar-refractivity contribution in [3.8, 4) is 17.6 Å². The minimum absolute atomic E-state index is 0.582. The standard InChI is InChI=1S/C19H19NO2/c1-4-22-18-10-7-15(12-19(18)21-3)11-17(13-20)16-8-5-14(2)6-9-16/h5-12H,4H2,1-3H3/b17-11+. The normalized spacial score (nSPS) is 10.9. The van der Waals surface area contributed by atoms with Crippen LogP contribution in [0.25, 0.3) is 11.6 Å². The molecule has 22 heavy (non-hydrogen) atoms. The molecule has 2 aromatic carbocycles. The van der Waals surface area contributed by atoms with E-state index in [4.69, 9.17) is 9.47 Å². The van der Waals surface area contributed by atoms with Crippen molar-refractivity contribution in [1.82, 2.24) is 0 Å². The summed E-state index contributed by atoms with van der Waals surface area (Å²) in [6, 6.07) is 15.8. The lowest BCUT2D eigenvalue weighted by molar-refractivity contribution is 0.311. The maximum Gasteiger partial charge on any atom is 0.161 e. The molecule has 0 fully saturated rings. The van der Waals surface area contributed by atoms with Crippen LogP contribution in [0.4, 0.5) is 0 Å². The van der Waals surface area contributed by atoms with E-state index in [1.807, 2.05) is 62.4 Å². The second kappa shape index (κ2) is 7.33. The average molecular weight is 293 g/mol. The van der Waals surface area contributed by atoms with Crippen LogP contribution in [0.15, 0.2) is 42.5 Å². The lowest BCUT2D eigenvalue weighted by atomic mass is 10.0. The Morgan fingerprint density at radius 3 is 2.45 bits per heavy atom. The van der Waals surface area contributed by atoms with Gasteiger partial charge in [0.2, 0.25) is 0 Å². The minimum Gasteiger partial charge on any atom is -0.493 e. The molecule has 0 N–H and O–H groups in total. The van der Waals surface area contributed by atoms with E-state index in [2.05, 4.69) is 6.07 Å². The third-order valence-corrected chi connectivity index (χ3v) is 3.28. The molecule has 0 aliphatic carbocycles. The third-order valence-electron chi connectivity index (χ3n) is 3.28. The number of ether oxygens (including phenoxy) is 2. The molecule has 0 heterocycles. The summed E-state index contributed by atoms with van der Waals surface area (Å²) < 4.78 is 10.8. The first-order valence-corrected chi connectivity index (χ1v) is 7.17. The number of rotatable bonds is 5. The first kappa shape index (κ1) is 15.7. The van der Waals surface area contributed by atoms with Crippen molar-refractivity contribution in [3.63, 3.8) is 0 Å². The molecular formula is C19H19NO2. The average Bonchev–Trinajstić information content (AvgIpc) is 2.55. The molecule has 0 saturated heterocycles. The Bertz CT molecular complexity index is 709. The number of methoxy groups -OCH3 is 1. The van der Waals surface area contributed by atoms with Gasteiger partial charge in [0.1, 0.15) is 0 Å². The van der Waals surface area contributed by atoms with Crippen LogP contribution < -0.4 is 9.47 Å². The molecule has 112 valence electrons. The summed E-state index contributed by atoms with van der Waals surface area (Å²) in [5.74, 6) is 1.37. The Balaban J connectivity index is 2.37. The quantitative estimate of drug-likeness (QED) is 0.603. The van der Waals surface area contributed by atoms with Crippen LogP contribution in [0, 0.1) is 18.3 Å². The fourth-order valence-electron chi connectivity index (χ4n) is 2.13. The van der Waals surface area contributed by atoms with Gasteiger partial charge in [-0.2, -0.15) is 5.26 Å². The SMILES string of the molecule is CCOc1ccc(/C=C(\C#N)c2ccc(C)cc2)cc1OC. The Hall–Kier alpha value is -2.73. The molecule has 0 unspecified atom stereocenters. The Morgan fingerprint density at radius 2 is 1.86 bits per heavy atom. The Kier molecular flexibility index (Phi) is 5.21. The summed E-state index contributed by atoms with van der Waals surface area (Å²) in [6.45, 7) is 4.54. The van der Waals surface area contributed by atoms with Crippen LogP contribution in [0.5, 0.6) is 11.5 Å². The van der Waals surface area contributed by atoms with Crippen LogP contribution in [-0.4, -0.2) is 13.7 Å². The van der Waals surface area contributed by atoms with E-state index in [0.29, 0.717) is 23.7 Å². The number of aryl methyl sites for hydroxylation is 1. The number of nitrogens with zero attached hydrogens (tertiary/aromatic N) is 1. The van der Waals surface area contributed by atoms with Crippen molar-refractivity contribution in [1.29, 1.82) is 5.26 Å². The second-order valence-corrected chi connectivity index (χ2v) is 4.88. The molecule has 0 bridgehead atoms. The number of benzene rings is 2. The molecule has 0 radical (unpaired) electrons. The molecule has 0 aromatic heterocycles. The number of allylic oxidation sites excluding steroid dienone is 1. The van der Waals surface area contributed by atoms with E-state index >= 15 is 0 Å². The van der Waals surface area contributed by atoms with Gasteiger partial charge in [-0.05, 0) is 43.2 Å². The van der Waals surface area contributed by atoms with Gasteiger partial charge in [-0.1, -0.05) is 35.9 Å². The lowest BCUT2D eigenvalue weighted by Crippen LogP contribution is -1.95. The monoisotopic (exact) mass is 293 g/mol. The van der Waals surface area contributed by atoms with Crippen LogP contribution in [-0.2, 0) is 0 Å². The van der Waals surface area contributed by atoms with Crippen LogP contribution >= 0.6 is 0 Å². The first-order valence-electron chi connectivity index (χ1n) is 7.17. The van der Waals surface area contributed by atoms with Gasteiger partial charge in [0.15, 0.2) is 11.5 Å². The summed E-state index contributed by atoms with van der Waals surface area (Å²) in [7, 11) is 1.61. The summed E-state index contributed by atoms with van der Waals surface area (Å²) in [4.78, 5) is 0. The molecular weight excluding hydrogens is 274 g/mol. The maximum absolute atomic E-state index is 9.40. The summed E-state index contributed by atoms with van der Waals surface area (Å²) in [5, 5.41) is 9.40. The summed E-state index contributed by atoms with van der Waals surface area (Å²) in [5.41, 5.74) is 3.59. The topological polar surface area (TPSA) is 42.2 Å². The fourth-order valence-corrected chi connectivity index (χ4v) is 2.13. The van der Waals surface area contributed by atoms with E-state index in [-0.39, 0.29) is 0 Å². The fraction of sp³-hybridized carbons (Fsp3) is 0.211. The Morgan fingerprint density at radius 1 is 1.14 bits per heavy atom. The van der Waals surface area contributed by atoms with Crippen molar-refractivity contribution < 1.29 is 9.47 Å². The second-order valence-electron chi connectivity index (χ2n) is 4.88. The predicted octanol–water partition coefficient (Wildman–Crippen LogP) is 4.47. The molecule has 2 aromatic rings. The zero-order chi connectivity index (χ0) is 15.9. The van der Waals surface area contributed by atoms with Gasteiger partial charge in [-0.25, -0.2) is 0 Å². The highest BCUT2D eigenvalue weighted by atomic mass is 16.5. The van der Waals surface area contributed by atoms with Gasteiger partial charge in [0.25, 0.3) is 0 Å². The molecule has 0 saturated carbocycles. The van der Waals surface area contributed by atoms with Crippen LogP contribution in [0.3, 0.4) is 0 Å². The van der Waals surface area contributed by atoms with Gasteiger partial charge in [-0.3, -0.25) is 0 Å². The molecule has 0 atom stereocenters. The third kappa shape index (κ3) is 3.67. The van der Waals surface area contributed by atoms with Gasteiger partial charge >= 0.3 is 0 Å². The van der Waals surface area contributed by atoms with Crippen molar-refractivity contribution in [3.05, 3.63) is 59.2 Å². The van der Waals surface area contributed by atoms with E-state index in [0.717, 1.165) is 11.1 Å². The van der Waals surface area contributed by atoms with Crippen molar-refractivity contribution in [2.45, 2.75) is 13.8 Å². The van der Waals surface area contributed by atoms with Crippen molar-refractivity contribution >= 4 is 11.6 Å². The lowest BCUT2D eigenvalue weighted by Gasteiger charge is -2.10. The van der Waals surface area contributed by atoms with Crippen LogP contribution in [0.1, 0.15) is 23.6 Å². The zero-order valence-electron chi connectivity index (χ0n) is 13.1. The minimum atomic E-state index is 0.582. The highest BCUT2D eigenvalue weighted by Gasteiger charge is 2.06. The summed E-state index contributed by atoms with van der Waals surface area (Å²) >= 11 is 0. The maximum atomic E-state index is 9.40. The van der Waals surface area contributed by atoms with Crippen molar-refractivity contribution in [2.24, 2.45) is 0 Å². The van der Waals surface area contributed by atoms with Crippen molar-refractivity contribution in [2.75, 3.05) is 13.7 Å². The van der Waals surface area contributed by atoms with Gasteiger partial charge in [0, 0.05) is 0 Å². The predicted molar refractivity (Wildman–Crippen MR) is 88.8 cm³/mol. The molecule has 0 amide bonds. The number of nitriles is 1. The molecule has 3 heteroatoms.